The zero-order valence-electron chi connectivity index (χ0n) is 8.09. The minimum atomic E-state index is 0.516. The van der Waals surface area contributed by atoms with Crippen LogP contribution in [0.1, 0.15) is 5.56 Å². The van der Waals surface area contributed by atoms with Crippen molar-refractivity contribution < 1.29 is 0 Å². The number of hydrogen-bond donors (Lipinski definition) is 0. The molecule has 2 rings (SSSR count). The fourth-order valence-electron chi connectivity index (χ4n) is 1.04. The molecule has 0 aliphatic carbocycles. The molecule has 0 aliphatic rings. The number of rotatable bonds is 3. The van der Waals surface area contributed by atoms with Crippen molar-refractivity contribution in [2.24, 2.45) is 7.05 Å². The number of thioether (sulfide) groups is 1. The van der Waals surface area contributed by atoms with Crippen LogP contribution in [0.3, 0.4) is 0 Å². The molecule has 15 heavy (non-hydrogen) atoms. The Labute approximate surface area is 96.7 Å². The Morgan fingerprint density at radius 3 is 2.93 bits per heavy atom. The van der Waals surface area contributed by atoms with E-state index in [1.807, 2.05) is 17.7 Å². The molecule has 6 heteroatoms. The molecule has 0 spiro atoms. The average Bonchev–Trinajstić information content (AvgIpc) is 2.63. The quantitative estimate of drug-likeness (QED) is 0.609. The molecule has 0 fully saturated rings. The number of hydrogen-bond acceptors (Lipinski definition) is 4. The van der Waals surface area contributed by atoms with Crippen LogP contribution in [0.5, 0.6) is 0 Å². The molecular formula is C9H9ClN4S. The lowest BCUT2D eigenvalue weighted by molar-refractivity contribution is 0.788. The summed E-state index contributed by atoms with van der Waals surface area (Å²) in [6.07, 6.45) is 3.45. The summed E-state index contributed by atoms with van der Waals surface area (Å²) in [6, 6.07) is 3.74. The Balaban J connectivity index is 1.99. The maximum atomic E-state index is 5.69. The van der Waals surface area contributed by atoms with Gasteiger partial charge in [-0.3, -0.25) is 0 Å². The highest BCUT2D eigenvalue weighted by Crippen LogP contribution is 2.19. The van der Waals surface area contributed by atoms with Crippen molar-refractivity contribution in [3.63, 3.8) is 0 Å². The fourth-order valence-corrected chi connectivity index (χ4v) is 1.98. The predicted molar refractivity (Wildman–Crippen MR) is 59.8 cm³/mol. The van der Waals surface area contributed by atoms with Crippen LogP contribution in [0.25, 0.3) is 0 Å². The van der Waals surface area contributed by atoms with Gasteiger partial charge in [0.25, 0.3) is 0 Å². The molecule has 4 nitrogen and oxygen atoms in total. The topological polar surface area (TPSA) is 43.6 Å². The molecule has 0 aliphatic heterocycles. The molecule has 0 aromatic carbocycles. The summed E-state index contributed by atoms with van der Waals surface area (Å²) in [5.41, 5.74) is 1.12. The lowest BCUT2D eigenvalue weighted by atomic mass is 10.3. The SMILES string of the molecule is Cn1cnnc1SCc1ccc(Cl)nc1. The number of pyridine rings is 1. The van der Waals surface area contributed by atoms with Crippen molar-refractivity contribution in [1.82, 2.24) is 19.7 Å². The molecule has 2 aromatic rings. The Bertz CT molecular complexity index is 440. The molecule has 0 N–H and O–H groups in total. The van der Waals surface area contributed by atoms with E-state index in [4.69, 9.17) is 11.6 Å². The Kier molecular flexibility index (Phi) is 3.23. The molecule has 78 valence electrons. The zero-order valence-corrected chi connectivity index (χ0v) is 9.66. The number of halogens is 1. The molecule has 0 saturated carbocycles. The molecule has 0 atom stereocenters. The minimum Gasteiger partial charge on any atom is -0.312 e. The third-order valence-electron chi connectivity index (χ3n) is 1.83. The predicted octanol–water partition coefficient (Wildman–Crippen LogP) is 2.16. The highest BCUT2D eigenvalue weighted by atomic mass is 35.5. The van der Waals surface area contributed by atoms with E-state index >= 15 is 0 Å². The second kappa shape index (κ2) is 4.63. The highest BCUT2D eigenvalue weighted by Gasteiger charge is 2.02. The van der Waals surface area contributed by atoms with Crippen LogP contribution in [0, 0.1) is 0 Å². The number of nitrogens with zero attached hydrogens (tertiary/aromatic N) is 4. The lowest BCUT2D eigenvalue weighted by Gasteiger charge is -2.00. The van der Waals surface area contributed by atoms with Crippen LogP contribution < -0.4 is 0 Å². The van der Waals surface area contributed by atoms with Gasteiger partial charge < -0.3 is 4.57 Å². The Morgan fingerprint density at radius 2 is 2.33 bits per heavy atom. The van der Waals surface area contributed by atoms with Crippen LogP contribution in [0.15, 0.2) is 29.8 Å². The smallest absolute Gasteiger partial charge is 0.191 e. The third-order valence-corrected chi connectivity index (χ3v) is 3.16. The van der Waals surface area contributed by atoms with E-state index in [-0.39, 0.29) is 0 Å². The van der Waals surface area contributed by atoms with Crippen molar-refractivity contribution >= 4 is 23.4 Å². The van der Waals surface area contributed by atoms with E-state index in [1.165, 1.54) is 0 Å². The minimum absolute atomic E-state index is 0.516. The van der Waals surface area contributed by atoms with E-state index in [1.54, 1.807) is 30.4 Å². The Hall–Kier alpha value is -1.07. The summed E-state index contributed by atoms with van der Waals surface area (Å²) >= 11 is 7.31. The summed E-state index contributed by atoms with van der Waals surface area (Å²) in [4.78, 5) is 4.01. The van der Waals surface area contributed by atoms with Crippen molar-refractivity contribution in [2.75, 3.05) is 0 Å². The van der Waals surface area contributed by atoms with Gasteiger partial charge in [0.1, 0.15) is 11.5 Å². The van der Waals surface area contributed by atoms with Gasteiger partial charge in [0, 0.05) is 19.0 Å². The van der Waals surface area contributed by atoms with Gasteiger partial charge in [-0.2, -0.15) is 0 Å². The molecule has 2 heterocycles. The monoisotopic (exact) mass is 240 g/mol. The molecule has 0 amide bonds. The van der Waals surface area contributed by atoms with E-state index < -0.39 is 0 Å². The molecule has 0 saturated heterocycles. The van der Waals surface area contributed by atoms with Gasteiger partial charge in [-0.05, 0) is 11.6 Å². The van der Waals surface area contributed by atoms with Crippen LogP contribution >= 0.6 is 23.4 Å². The summed E-state index contributed by atoms with van der Waals surface area (Å²) in [5.74, 6) is 0.816. The molecule has 0 radical (unpaired) electrons. The standard InChI is InChI=1S/C9H9ClN4S/c1-14-6-12-13-9(14)15-5-7-2-3-8(10)11-4-7/h2-4,6H,5H2,1H3. The molecule has 0 unspecified atom stereocenters. The summed E-state index contributed by atoms with van der Waals surface area (Å²) in [6.45, 7) is 0. The first-order chi connectivity index (χ1) is 7.25. The van der Waals surface area contributed by atoms with Crippen molar-refractivity contribution in [1.29, 1.82) is 0 Å². The molecule has 0 bridgehead atoms. The highest BCUT2D eigenvalue weighted by molar-refractivity contribution is 7.98. The van der Waals surface area contributed by atoms with Crippen LogP contribution in [0.4, 0.5) is 0 Å². The zero-order chi connectivity index (χ0) is 10.7. The van der Waals surface area contributed by atoms with E-state index in [0.717, 1.165) is 16.5 Å². The summed E-state index contributed by atoms with van der Waals surface area (Å²) in [5, 5.41) is 9.19. The second-order valence-electron chi connectivity index (χ2n) is 3.00. The van der Waals surface area contributed by atoms with Gasteiger partial charge in [-0.15, -0.1) is 10.2 Å². The van der Waals surface area contributed by atoms with E-state index in [0.29, 0.717) is 5.15 Å². The van der Waals surface area contributed by atoms with Gasteiger partial charge in [-0.25, -0.2) is 4.98 Å². The largest absolute Gasteiger partial charge is 0.312 e. The maximum Gasteiger partial charge on any atom is 0.191 e. The first kappa shape index (κ1) is 10.4. The summed E-state index contributed by atoms with van der Waals surface area (Å²) < 4.78 is 1.88. The van der Waals surface area contributed by atoms with Gasteiger partial charge >= 0.3 is 0 Å². The van der Waals surface area contributed by atoms with Crippen molar-refractivity contribution in [2.45, 2.75) is 10.9 Å². The fraction of sp³-hybridized carbons (Fsp3) is 0.222. The third kappa shape index (κ3) is 2.70. The summed E-state index contributed by atoms with van der Waals surface area (Å²) in [7, 11) is 1.92. The van der Waals surface area contributed by atoms with Crippen molar-refractivity contribution in [3.05, 3.63) is 35.4 Å². The van der Waals surface area contributed by atoms with Crippen LogP contribution in [-0.4, -0.2) is 19.7 Å². The number of aryl methyl sites for hydroxylation is 1. The average molecular weight is 241 g/mol. The molecule has 2 aromatic heterocycles. The Morgan fingerprint density at radius 1 is 1.47 bits per heavy atom. The van der Waals surface area contributed by atoms with Gasteiger partial charge in [0.15, 0.2) is 5.16 Å². The van der Waals surface area contributed by atoms with Crippen molar-refractivity contribution in [3.8, 4) is 0 Å². The van der Waals surface area contributed by atoms with Crippen LogP contribution in [-0.2, 0) is 12.8 Å². The van der Waals surface area contributed by atoms with Gasteiger partial charge in [-0.1, -0.05) is 29.4 Å². The first-order valence-electron chi connectivity index (χ1n) is 4.33. The van der Waals surface area contributed by atoms with Gasteiger partial charge in [0.05, 0.1) is 0 Å². The lowest BCUT2D eigenvalue weighted by Crippen LogP contribution is -1.90. The second-order valence-corrected chi connectivity index (χ2v) is 4.33. The normalized spacial score (nSPS) is 10.5. The number of aromatic nitrogens is 4. The first-order valence-corrected chi connectivity index (χ1v) is 5.69. The molecular weight excluding hydrogens is 232 g/mol. The maximum absolute atomic E-state index is 5.69. The van der Waals surface area contributed by atoms with Crippen LogP contribution in [0.2, 0.25) is 5.15 Å². The van der Waals surface area contributed by atoms with E-state index in [2.05, 4.69) is 15.2 Å². The van der Waals surface area contributed by atoms with E-state index in [9.17, 15) is 0 Å². The van der Waals surface area contributed by atoms with Gasteiger partial charge in [0.2, 0.25) is 0 Å².